The minimum absolute atomic E-state index is 0.00615. The highest BCUT2D eigenvalue weighted by Gasteiger charge is 2.41. The molecule has 0 aliphatic heterocycles. The molecule has 0 spiro atoms. The van der Waals surface area contributed by atoms with Gasteiger partial charge in [-0.2, -0.15) is 0 Å². The van der Waals surface area contributed by atoms with Crippen molar-refractivity contribution in [1.29, 1.82) is 0 Å². The molecule has 0 aromatic heterocycles. The largest absolute Gasteiger partial charge is 0.352 e. The summed E-state index contributed by atoms with van der Waals surface area (Å²) in [7, 11) is 0. The molecule has 1 saturated carbocycles. The van der Waals surface area contributed by atoms with Gasteiger partial charge in [0.05, 0.1) is 20.1 Å². The van der Waals surface area contributed by atoms with E-state index in [4.69, 9.17) is 46.4 Å². The minimum Gasteiger partial charge on any atom is -0.352 e. The number of carbonyl (C=O) groups is 2. The molecule has 0 saturated heterocycles. The van der Waals surface area contributed by atoms with Gasteiger partial charge in [0.1, 0.15) is 0 Å². The van der Waals surface area contributed by atoms with E-state index in [0.717, 1.165) is 30.4 Å². The first-order valence-corrected chi connectivity index (χ1v) is 13.2. The molecule has 1 fully saturated rings. The van der Waals surface area contributed by atoms with Crippen LogP contribution in [0.15, 0.2) is 48.6 Å². The second-order valence-electron chi connectivity index (χ2n) is 10.5. The lowest BCUT2D eigenvalue weighted by atomic mass is 9.62. The van der Waals surface area contributed by atoms with Gasteiger partial charge in [0.15, 0.2) is 0 Å². The van der Waals surface area contributed by atoms with Crippen molar-refractivity contribution in [2.75, 3.05) is 6.54 Å². The lowest BCUT2D eigenvalue weighted by Crippen LogP contribution is -2.50. The third-order valence-corrected chi connectivity index (χ3v) is 7.70. The van der Waals surface area contributed by atoms with Gasteiger partial charge in [-0.3, -0.25) is 9.59 Å². The Morgan fingerprint density at radius 3 is 1.89 bits per heavy atom. The van der Waals surface area contributed by atoms with Crippen molar-refractivity contribution in [1.82, 2.24) is 10.6 Å². The highest BCUT2D eigenvalue weighted by Crippen LogP contribution is 2.45. The fraction of sp³-hybridized carbons (Fsp3) is 0.357. The van der Waals surface area contributed by atoms with E-state index < -0.39 is 0 Å². The first kappa shape index (κ1) is 28.6. The Hall–Kier alpha value is -1.98. The van der Waals surface area contributed by atoms with Crippen LogP contribution in [0.5, 0.6) is 0 Å². The molecule has 0 heterocycles. The molecule has 1 aliphatic carbocycles. The Bertz CT molecular complexity index is 1190. The lowest BCUT2D eigenvalue weighted by Gasteiger charge is -2.46. The van der Waals surface area contributed by atoms with Crippen molar-refractivity contribution in [2.45, 2.75) is 46.1 Å². The van der Waals surface area contributed by atoms with Gasteiger partial charge in [-0.1, -0.05) is 79.3 Å². The summed E-state index contributed by atoms with van der Waals surface area (Å²) in [4.78, 5) is 25.1. The summed E-state index contributed by atoms with van der Waals surface area (Å²) in [6.07, 6.45) is 8.97. The molecular formula is C28H30Cl4N2O2. The van der Waals surface area contributed by atoms with Gasteiger partial charge in [0.2, 0.25) is 11.8 Å². The fourth-order valence-electron chi connectivity index (χ4n) is 5.06. The summed E-state index contributed by atoms with van der Waals surface area (Å²) in [5.74, 6) is -0.351. The lowest BCUT2D eigenvalue weighted by molar-refractivity contribution is -0.119. The molecule has 3 rings (SSSR count). The first-order chi connectivity index (χ1) is 16.8. The van der Waals surface area contributed by atoms with E-state index in [1.54, 1.807) is 48.6 Å². The van der Waals surface area contributed by atoms with E-state index >= 15 is 0 Å². The van der Waals surface area contributed by atoms with Crippen molar-refractivity contribution in [2.24, 2.45) is 10.8 Å². The Labute approximate surface area is 233 Å². The summed E-state index contributed by atoms with van der Waals surface area (Å²) in [6, 6.07) is 10.4. The molecule has 2 N–H and O–H groups in total. The smallest absolute Gasteiger partial charge is 0.244 e. The van der Waals surface area contributed by atoms with Crippen LogP contribution in [0.3, 0.4) is 0 Å². The summed E-state index contributed by atoms with van der Waals surface area (Å²) < 4.78 is 0. The average molecular weight is 568 g/mol. The summed E-state index contributed by atoms with van der Waals surface area (Å²) in [6.45, 7) is 7.05. The van der Waals surface area contributed by atoms with Gasteiger partial charge in [-0.15, -0.1) is 0 Å². The third-order valence-electron chi connectivity index (χ3n) is 6.22. The van der Waals surface area contributed by atoms with E-state index in [0.29, 0.717) is 26.6 Å². The van der Waals surface area contributed by atoms with Gasteiger partial charge in [-0.05, 0) is 77.6 Å². The molecule has 4 nitrogen and oxygen atoms in total. The van der Waals surface area contributed by atoms with Crippen LogP contribution >= 0.6 is 46.4 Å². The molecule has 2 aromatic rings. The Kier molecular flexibility index (Phi) is 9.56. The third kappa shape index (κ3) is 8.55. The van der Waals surface area contributed by atoms with Crippen molar-refractivity contribution in [3.8, 4) is 0 Å². The maximum Gasteiger partial charge on any atom is 0.244 e. The van der Waals surface area contributed by atoms with Crippen molar-refractivity contribution in [3.05, 3.63) is 79.8 Å². The normalized spacial score (nSPS) is 21.6. The minimum atomic E-state index is -0.184. The van der Waals surface area contributed by atoms with E-state index in [-0.39, 0.29) is 28.7 Å². The molecule has 0 bridgehead atoms. The van der Waals surface area contributed by atoms with E-state index in [2.05, 4.69) is 31.4 Å². The molecule has 192 valence electrons. The zero-order valence-corrected chi connectivity index (χ0v) is 23.5. The number of halogens is 4. The van der Waals surface area contributed by atoms with Crippen LogP contribution in [-0.4, -0.2) is 24.4 Å². The number of nitrogens with one attached hydrogen (secondary N) is 2. The van der Waals surface area contributed by atoms with Crippen LogP contribution in [0.25, 0.3) is 12.2 Å². The van der Waals surface area contributed by atoms with E-state index in [1.807, 2.05) is 0 Å². The van der Waals surface area contributed by atoms with Crippen LogP contribution in [0.4, 0.5) is 0 Å². The second-order valence-corrected chi connectivity index (χ2v) is 12.1. The standard InChI is InChI=1S/C28H30Cl4N2O2/c1-27(2)14-20(34-26(36)11-7-19-5-9-22(30)24(32)13-19)15-28(3,16-27)17-33-25(35)10-6-18-4-8-21(29)23(31)12-18/h4-13,20H,14-17H2,1-3H3,(H,33,35)(H,34,36)/b10-6+,11-7+. The number of benzene rings is 2. The van der Waals surface area contributed by atoms with Gasteiger partial charge in [0, 0.05) is 24.7 Å². The maximum absolute atomic E-state index is 12.6. The quantitative estimate of drug-likeness (QED) is 0.335. The molecule has 2 amide bonds. The summed E-state index contributed by atoms with van der Waals surface area (Å²) >= 11 is 24.0. The van der Waals surface area contributed by atoms with Gasteiger partial charge < -0.3 is 10.6 Å². The Balaban J connectivity index is 1.58. The van der Waals surface area contributed by atoms with Crippen LogP contribution in [0, 0.1) is 10.8 Å². The summed E-state index contributed by atoms with van der Waals surface area (Å²) in [5, 5.41) is 7.98. The highest BCUT2D eigenvalue weighted by molar-refractivity contribution is 6.42. The van der Waals surface area contributed by atoms with Crippen molar-refractivity contribution >= 4 is 70.4 Å². The first-order valence-electron chi connectivity index (χ1n) is 11.7. The topological polar surface area (TPSA) is 58.2 Å². The number of carbonyl (C=O) groups excluding carboxylic acids is 2. The van der Waals surface area contributed by atoms with Gasteiger partial charge in [0.25, 0.3) is 0 Å². The molecule has 2 unspecified atom stereocenters. The number of hydrogen-bond donors (Lipinski definition) is 2. The molecule has 1 aliphatic rings. The molecular weight excluding hydrogens is 538 g/mol. The number of hydrogen-bond acceptors (Lipinski definition) is 2. The zero-order chi connectivity index (χ0) is 26.5. The van der Waals surface area contributed by atoms with Crippen LogP contribution in [0.2, 0.25) is 20.1 Å². The molecule has 2 atom stereocenters. The average Bonchev–Trinajstić information content (AvgIpc) is 2.78. The predicted octanol–water partition coefficient (Wildman–Crippen LogP) is 7.84. The van der Waals surface area contributed by atoms with Crippen LogP contribution in [-0.2, 0) is 9.59 Å². The van der Waals surface area contributed by atoms with Crippen molar-refractivity contribution in [3.63, 3.8) is 0 Å². The number of rotatable bonds is 7. The van der Waals surface area contributed by atoms with Crippen LogP contribution in [0.1, 0.15) is 51.2 Å². The molecule has 8 heteroatoms. The van der Waals surface area contributed by atoms with Crippen molar-refractivity contribution < 1.29 is 9.59 Å². The van der Waals surface area contributed by atoms with Crippen LogP contribution < -0.4 is 10.6 Å². The van der Waals surface area contributed by atoms with E-state index in [1.165, 1.54) is 12.2 Å². The monoisotopic (exact) mass is 566 g/mol. The Morgan fingerprint density at radius 2 is 1.36 bits per heavy atom. The highest BCUT2D eigenvalue weighted by atomic mass is 35.5. The maximum atomic E-state index is 12.6. The predicted molar refractivity (Wildman–Crippen MR) is 152 cm³/mol. The second kappa shape index (κ2) is 12.0. The molecule has 36 heavy (non-hydrogen) atoms. The number of amides is 2. The fourth-order valence-corrected chi connectivity index (χ4v) is 5.67. The van der Waals surface area contributed by atoms with Gasteiger partial charge >= 0.3 is 0 Å². The zero-order valence-electron chi connectivity index (χ0n) is 20.5. The SMILES string of the molecule is CC1(C)CC(NC(=O)/C=C/c2ccc(Cl)c(Cl)c2)CC(C)(CNC(=O)/C=C/c2ccc(Cl)c(Cl)c2)C1. The van der Waals surface area contributed by atoms with Gasteiger partial charge in [-0.25, -0.2) is 0 Å². The molecule has 2 aromatic carbocycles. The summed E-state index contributed by atoms with van der Waals surface area (Å²) in [5.41, 5.74) is 1.44. The molecule has 0 radical (unpaired) electrons. The van der Waals surface area contributed by atoms with E-state index in [9.17, 15) is 9.59 Å². The Morgan fingerprint density at radius 1 is 0.833 bits per heavy atom.